The highest BCUT2D eigenvalue weighted by Gasteiger charge is 3.01. The maximum Gasteiger partial charge on any atom is 0.460 e. The Balaban J connectivity index is 7.68. The van der Waals surface area contributed by atoms with E-state index in [1.54, 1.807) is 0 Å². The molecule has 0 spiro atoms. The summed E-state index contributed by atoms with van der Waals surface area (Å²) >= 11 is 0. The van der Waals surface area contributed by atoms with Crippen molar-refractivity contribution >= 4 is 5.97 Å². The predicted molar refractivity (Wildman–Crippen MR) is 87.3 cm³/mol. The molecule has 0 aromatic heterocycles. The Bertz CT molecular complexity index is 1270. The van der Waals surface area contributed by atoms with Crippen LogP contribution in [0.5, 0.6) is 0 Å². The van der Waals surface area contributed by atoms with Gasteiger partial charge in [0.05, 0.1) is 7.11 Å². The fourth-order valence-corrected chi connectivity index (χ4v) is 2.80. The molecule has 0 aliphatic rings. The maximum absolute atomic E-state index is 13.8. The summed E-state index contributed by atoms with van der Waals surface area (Å²) < 4.78 is 417. The molecule has 0 unspecified atom stereocenters. The fourth-order valence-electron chi connectivity index (χ4n) is 2.80. The molecule has 50 heavy (non-hydrogen) atoms. The van der Waals surface area contributed by atoms with E-state index in [2.05, 4.69) is 4.74 Å². The van der Waals surface area contributed by atoms with Gasteiger partial charge in [-0.2, -0.15) is 136 Å². The van der Waals surface area contributed by atoms with Gasteiger partial charge in [-0.3, -0.25) is 0 Å². The van der Waals surface area contributed by atoms with Gasteiger partial charge in [-0.1, -0.05) is 0 Å². The van der Waals surface area contributed by atoms with Gasteiger partial charge in [0.1, 0.15) is 0 Å². The first kappa shape index (κ1) is 47.3. The van der Waals surface area contributed by atoms with Crippen LogP contribution in [-0.2, 0) is 9.53 Å². The van der Waals surface area contributed by atoms with Crippen LogP contribution in [0.1, 0.15) is 0 Å². The molecule has 0 atom stereocenters. The van der Waals surface area contributed by atoms with Crippen LogP contribution in [0.3, 0.4) is 0 Å². The standard InChI is InChI=1S/C17H3F31O2/c1-50-2(49)3(18,19)4(20,21)5(22,23)6(24,25)7(26,27)8(28,29)9(30,31)10(32,33)11(34,35)12(36,37)13(38,39)14(40,41)15(42,43)16(44,45)17(46,47)48/h1H3. The summed E-state index contributed by atoms with van der Waals surface area (Å²) in [7, 11) is -0.535. The summed E-state index contributed by atoms with van der Waals surface area (Å²) in [6.45, 7) is 0. The van der Waals surface area contributed by atoms with Gasteiger partial charge in [0, 0.05) is 0 Å². The van der Waals surface area contributed by atoms with Crippen molar-refractivity contribution in [2.75, 3.05) is 7.11 Å². The Labute approximate surface area is 249 Å². The summed E-state index contributed by atoms with van der Waals surface area (Å²) in [5.74, 6) is -137. The average molecular weight is 828 g/mol. The smallest absolute Gasteiger partial charge is 0.460 e. The van der Waals surface area contributed by atoms with Crippen LogP contribution in [-0.4, -0.2) is 102 Å². The van der Waals surface area contributed by atoms with Gasteiger partial charge in [0.2, 0.25) is 0 Å². The zero-order chi connectivity index (χ0) is 41.8. The van der Waals surface area contributed by atoms with E-state index in [-0.39, 0.29) is 0 Å². The van der Waals surface area contributed by atoms with Crippen molar-refractivity contribution < 1.29 is 146 Å². The summed E-state index contributed by atoms with van der Waals surface area (Å²) in [5.41, 5.74) is 0. The monoisotopic (exact) mass is 828 g/mol. The molecule has 33 heteroatoms. The topological polar surface area (TPSA) is 26.3 Å². The molecule has 0 saturated heterocycles. The zero-order valence-corrected chi connectivity index (χ0v) is 21.5. The van der Waals surface area contributed by atoms with E-state index >= 15 is 0 Å². The lowest BCUT2D eigenvalue weighted by atomic mass is 9.83. The first-order valence-electron chi connectivity index (χ1n) is 10.4. The van der Waals surface area contributed by atoms with Crippen LogP contribution < -0.4 is 0 Å². The van der Waals surface area contributed by atoms with E-state index < -0.39 is 102 Å². The van der Waals surface area contributed by atoms with Crippen LogP contribution in [0.15, 0.2) is 0 Å². The van der Waals surface area contributed by atoms with Crippen LogP contribution >= 0.6 is 0 Å². The zero-order valence-electron chi connectivity index (χ0n) is 21.5. The number of hydrogen-bond donors (Lipinski definition) is 0. The van der Waals surface area contributed by atoms with E-state index in [9.17, 15) is 141 Å². The molecule has 0 aliphatic carbocycles. The van der Waals surface area contributed by atoms with Crippen LogP contribution in [0.25, 0.3) is 0 Å². The minimum Gasteiger partial charge on any atom is -0.464 e. The third-order valence-electron chi connectivity index (χ3n) is 5.92. The lowest BCUT2D eigenvalue weighted by molar-refractivity contribution is -0.488. The Morgan fingerprint density at radius 1 is 0.280 bits per heavy atom. The quantitative estimate of drug-likeness (QED) is 0.129. The highest BCUT2D eigenvalue weighted by molar-refractivity contribution is 5.79. The number of alkyl halides is 31. The Morgan fingerprint density at radius 3 is 0.560 bits per heavy atom. The minimum atomic E-state index is -10.1. The van der Waals surface area contributed by atoms with Crippen LogP contribution in [0.4, 0.5) is 136 Å². The van der Waals surface area contributed by atoms with Crippen molar-refractivity contribution in [2.45, 2.75) is 89.1 Å². The van der Waals surface area contributed by atoms with Gasteiger partial charge >= 0.3 is 95.1 Å². The molecule has 0 fully saturated rings. The van der Waals surface area contributed by atoms with Crippen molar-refractivity contribution in [2.24, 2.45) is 0 Å². The second kappa shape index (κ2) is 11.4. The van der Waals surface area contributed by atoms with Crippen molar-refractivity contribution in [3.63, 3.8) is 0 Å². The molecule has 2 nitrogen and oxygen atoms in total. The van der Waals surface area contributed by atoms with E-state index in [4.69, 9.17) is 0 Å². The molecule has 300 valence electrons. The van der Waals surface area contributed by atoms with Gasteiger partial charge in [0.25, 0.3) is 0 Å². The Hall–Kier alpha value is -2.70. The molecule has 0 aromatic carbocycles. The first-order chi connectivity index (χ1) is 21.0. The number of esters is 1. The molecular weight excluding hydrogens is 825 g/mol. The van der Waals surface area contributed by atoms with E-state index in [0.29, 0.717) is 0 Å². The number of carbonyl (C=O) groups excluding carboxylic acids is 1. The predicted octanol–water partition coefficient (Wildman–Crippen LogP) is 9.62. The first-order valence-corrected chi connectivity index (χ1v) is 10.4. The molecule has 0 radical (unpaired) electrons. The molecule has 0 amide bonds. The molecule has 0 rings (SSSR count). The molecular formula is C17H3F31O2. The van der Waals surface area contributed by atoms with E-state index in [0.717, 1.165) is 0 Å². The number of carbonyl (C=O) groups is 1. The highest BCUT2D eigenvalue weighted by atomic mass is 19.4. The van der Waals surface area contributed by atoms with Gasteiger partial charge in [0.15, 0.2) is 0 Å². The maximum atomic E-state index is 13.8. The van der Waals surface area contributed by atoms with Gasteiger partial charge in [-0.25, -0.2) is 4.79 Å². The van der Waals surface area contributed by atoms with Crippen molar-refractivity contribution in [1.29, 1.82) is 0 Å². The average Bonchev–Trinajstić information content (AvgIpc) is 2.90. The molecule has 0 aromatic rings. The summed E-state index contributed by atoms with van der Waals surface area (Å²) in [5, 5.41) is 0. The Kier molecular flexibility index (Phi) is 10.8. The van der Waals surface area contributed by atoms with Gasteiger partial charge < -0.3 is 4.74 Å². The van der Waals surface area contributed by atoms with E-state index in [1.165, 1.54) is 0 Å². The van der Waals surface area contributed by atoms with Gasteiger partial charge in [-0.05, 0) is 0 Å². The van der Waals surface area contributed by atoms with Crippen molar-refractivity contribution in [3.05, 3.63) is 0 Å². The van der Waals surface area contributed by atoms with Gasteiger partial charge in [-0.15, -0.1) is 0 Å². The summed E-state index contributed by atoms with van der Waals surface area (Å²) in [6, 6.07) is 0. The SMILES string of the molecule is COC(=O)C(F)(F)C(F)(F)C(F)(F)C(F)(F)C(F)(F)C(F)(F)C(F)(F)C(F)(F)C(F)(F)C(F)(F)C(F)(F)C(F)(F)C(F)(F)C(F)(F)C(F)(F)F. The largest absolute Gasteiger partial charge is 0.464 e. The summed E-state index contributed by atoms with van der Waals surface area (Å²) in [4.78, 5) is 10.5. The number of ether oxygens (including phenoxy) is 1. The fraction of sp³-hybridized carbons (Fsp3) is 0.941. The summed E-state index contributed by atoms with van der Waals surface area (Å²) in [6.07, 6.45) is -8.36. The second-order valence-electron chi connectivity index (χ2n) is 9.03. The van der Waals surface area contributed by atoms with Crippen LogP contribution in [0, 0.1) is 0 Å². The number of hydrogen-bond acceptors (Lipinski definition) is 2. The lowest BCUT2D eigenvalue weighted by Gasteiger charge is -2.46. The number of rotatable bonds is 14. The van der Waals surface area contributed by atoms with Crippen molar-refractivity contribution in [1.82, 2.24) is 0 Å². The Morgan fingerprint density at radius 2 is 0.420 bits per heavy atom. The molecule has 0 bridgehead atoms. The number of halogens is 31. The normalized spacial score (nSPS) is 16.9. The van der Waals surface area contributed by atoms with E-state index in [1.807, 2.05) is 0 Å². The lowest BCUT2D eigenvalue weighted by Crippen LogP contribution is -2.79. The molecule has 0 N–H and O–H groups in total. The third kappa shape index (κ3) is 5.16. The van der Waals surface area contributed by atoms with Crippen molar-refractivity contribution in [3.8, 4) is 0 Å². The minimum absolute atomic E-state index is 0.535. The third-order valence-corrected chi connectivity index (χ3v) is 5.92. The van der Waals surface area contributed by atoms with Crippen LogP contribution in [0.2, 0.25) is 0 Å². The number of methoxy groups -OCH3 is 1. The molecule has 0 heterocycles. The second-order valence-corrected chi connectivity index (χ2v) is 9.03. The highest BCUT2D eigenvalue weighted by Crippen LogP contribution is 2.69. The molecule has 0 aliphatic heterocycles. The molecule has 0 saturated carbocycles.